The summed E-state index contributed by atoms with van der Waals surface area (Å²) in [7, 11) is 1.78. The van der Waals surface area contributed by atoms with Crippen LogP contribution < -0.4 is 10.1 Å². The summed E-state index contributed by atoms with van der Waals surface area (Å²) in [6, 6.07) is 22.6. The van der Waals surface area contributed by atoms with Gasteiger partial charge < -0.3 is 14.6 Å². The zero-order valence-corrected chi connectivity index (χ0v) is 18.4. The minimum Gasteiger partial charge on any atom is -0.457 e. The number of non-ortho nitro benzene ring substituents is 1. The zero-order chi connectivity index (χ0) is 23.2. The summed E-state index contributed by atoms with van der Waals surface area (Å²) in [6.45, 7) is 0. The standard InChI is InChI=1S/C23H19N5O4S/c1-27-22(16-7-11-18(12-8-16)28(30)31)25-26-23(27)33-15-21(29)24-17-9-13-20(14-10-17)32-19-5-3-2-4-6-19/h2-14H,15H2,1H3,(H,24,29). The number of nitrogens with one attached hydrogen (secondary N) is 1. The van der Waals surface area contributed by atoms with E-state index in [0.717, 1.165) is 5.75 Å². The summed E-state index contributed by atoms with van der Waals surface area (Å²) in [5.41, 5.74) is 1.36. The second-order valence-electron chi connectivity index (χ2n) is 6.95. The summed E-state index contributed by atoms with van der Waals surface area (Å²) in [5.74, 6) is 1.93. The van der Waals surface area contributed by atoms with Crippen molar-refractivity contribution in [3.63, 3.8) is 0 Å². The number of para-hydroxylation sites is 1. The Morgan fingerprint density at radius 1 is 1.00 bits per heavy atom. The molecular weight excluding hydrogens is 442 g/mol. The molecule has 0 radical (unpaired) electrons. The molecule has 0 saturated heterocycles. The molecule has 0 aliphatic carbocycles. The first-order valence-electron chi connectivity index (χ1n) is 9.89. The molecule has 166 valence electrons. The SMILES string of the molecule is Cn1c(SCC(=O)Nc2ccc(Oc3ccccc3)cc2)nnc1-c1ccc([N+](=O)[O-])cc1. The molecule has 0 aliphatic rings. The summed E-state index contributed by atoms with van der Waals surface area (Å²) >= 11 is 1.25. The smallest absolute Gasteiger partial charge is 0.269 e. The lowest BCUT2D eigenvalue weighted by atomic mass is 10.2. The van der Waals surface area contributed by atoms with Gasteiger partial charge in [-0.25, -0.2) is 0 Å². The molecule has 33 heavy (non-hydrogen) atoms. The Kier molecular flexibility index (Phi) is 6.65. The van der Waals surface area contributed by atoms with Crippen LogP contribution in [0.1, 0.15) is 0 Å². The molecule has 0 unspecified atom stereocenters. The average Bonchev–Trinajstić information content (AvgIpc) is 3.20. The lowest BCUT2D eigenvalue weighted by molar-refractivity contribution is -0.384. The number of benzene rings is 3. The highest BCUT2D eigenvalue weighted by atomic mass is 32.2. The van der Waals surface area contributed by atoms with Crippen molar-refractivity contribution in [3.8, 4) is 22.9 Å². The number of nitro benzene ring substituents is 1. The van der Waals surface area contributed by atoms with Crippen LogP contribution in [0.5, 0.6) is 11.5 Å². The largest absolute Gasteiger partial charge is 0.457 e. The van der Waals surface area contributed by atoms with Gasteiger partial charge in [0, 0.05) is 30.4 Å². The summed E-state index contributed by atoms with van der Waals surface area (Å²) < 4.78 is 7.49. The van der Waals surface area contributed by atoms with Crippen LogP contribution >= 0.6 is 11.8 Å². The number of ether oxygens (including phenoxy) is 1. The zero-order valence-electron chi connectivity index (χ0n) is 17.5. The first kappa shape index (κ1) is 22.0. The number of nitrogens with zero attached hydrogens (tertiary/aromatic N) is 4. The lowest BCUT2D eigenvalue weighted by Crippen LogP contribution is -2.14. The van der Waals surface area contributed by atoms with Gasteiger partial charge in [0.2, 0.25) is 5.91 Å². The fraction of sp³-hybridized carbons (Fsp3) is 0.0870. The maximum Gasteiger partial charge on any atom is 0.269 e. The predicted molar refractivity (Wildman–Crippen MR) is 125 cm³/mol. The lowest BCUT2D eigenvalue weighted by Gasteiger charge is -2.08. The Hall–Kier alpha value is -4.18. The van der Waals surface area contributed by atoms with Crippen LogP contribution in [-0.2, 0) is 11.8 Å². The number of hydrogen-bond donors (Lipinski definition) is 1. The van der Waals surface area contributed by atoms with Crippen LogP contribution in [0.25, 0.3) is 11.4 Å². The van der Waals surface area contributed by atoms with E-state index in [2.05, 4.69) is 15.5 Å². The number of anilines is 1. The number of carbonyl (C=O) groups excluding carboxylic acids is 1. The molecule has 0 atom stereocenters. The Bertz CT molecular complexity index is 1260. The van der Waals surface area contributed by atoms with Gasteiger partial charge in [-0.2, -0.15) is 0 Å². The van der Waals surface area contributed by atoms with Crippen molar-refractivity contribution in [1.29, 1.82) is 0 Å². The van der Waals surface area contributed by atoms with Crippen LogP contribution in [0.2, 0.25) is 0 Å². The molecule has 10 heteroatoms. The van der Waals surface area contributed by atoms with Gasteiger partial charge in [-0.1, -0.05) is 30.0 Å². The molecular formula is C23H19N5O4S. The van der Waals surface area contributed by atoms with Crippen molar-refractivity contribution < 1.29 is 14.5 Å². The van der Waals surface area contributed by atoms with Gasteiger partial charge >= 0.3 is 0 Å². The van der Waals surface area contributed by atoms with Crippen molar-refractivity contribution in [2.75, 3.05) is 11.1 Å². The van der Waals surface area contributed by atoms with Crippen molar-refractivity contribution in [2.45, 2.75) is 5.16 Å². The average molecular weight is 462 g/mol. The second-order valence-corrected chi connectivity index (χ2v) is 7.89. The highest BCUT2D eigenvalue weighted by molar-refractivity contribution is 7.99. The van der Waals surface area contributed by atoms with E-state index in [1.807, 2.05) is 30.3 Å². The van der Waals surface area contributed by atoms with Gasteiger partial charge in [-0.15, -0.1) is 10.2 Å². The van der Waals surface area contributed by atoms with Crippen LogP contribution in [0.4, 0.5) is 11.4 Å². The van der Waals surface area contributed by atoms with Gasteiger partial charge in [-0.3, -0.25) is 14.9 Å². The van der Waals surface area contributed by atoms with Gasteiger partial charge in [0.15, 0.2) is 11.0 Å². The molecule has 9 nitrogen and oxygen atoms in total. The van der Waals surface area contributed by atoms with E-state index in [1.165, 1.54) is 23.9 Å². The Morgan fingerprint density at radius 2 is 1.67 bits per heavy atom. The topological polar surface area (TPSA) is 112 Å². The third kappa shape index (κ3) is 5.55. The minimum atomic E-state index is -0.454. The molecule has 1 N–H and O–H groups in total. The quantitative estimate of drug-likeness (QED) is 0.225. The van der Waals surface area contributed by atoms with Crippen molar-refractivity contribution in [3.05, 3.63) is 89.0 Å². The van der Waals surface area contributed by atoms with Crippen LogP contribution in [0.3, 0.4) is 0 Å². The number of rotatable bonds is 8. The Labute approximate surface area is 193 Å². The number of hydrogen-bond acceptors (Lipinski definition) is 7. The van der Waals surface area contributed by atoms with Gasteiger partial charge in [0.1, 0.15) is 11.5 Å². The fourth-order valence-corrected chi connectivity index (χ4v) is 3.69. The van der Waals surface area contributed by atoms with E-state index >= 15 is 0 Å². The molecule has 0 aliphatic heterocycles. The first-order valence-corrected chi connectivity index (χ1v) is 10.9. The van der Waals surface area contributed by atoms with Crippen molar-refractivity contribution in [1.82, 2.24) is 14.8 Å². The molecule has 0 bridgehead atoms. The van der Waals surface area contributed by atoms with Gasteiger partial charge in [0.05, 0.1) is 10.7 Å². The van der Waals surface area contributed by atoms with Gasteiger partial charge in [0.25, 0.3) is 5.69 Å². The molecule has 0 saturated carbocycles. The molecule has 1 heterocycles. The molecule has 4 rings (SSSR count). The molecule has 4 aromatic rings. The van der Waals surface area contributed by atoms with E-state index in [9.17, 15) is 14.9 Å². The predicted octanol–water partition coefficient (Wildman–Crippen LogP) is 4.91. The third-order valence-electron chi connectivity index (χ3n) is 4.62. The van der Waals surface area contributed by atoms with E-state index in [-0.39, 0.29) is 17.3 Å². The number of aromatic nitrogens is 3. The summed E-state index contributed by atoms with van der Waals surface area (Å²) in [5, 5.41) is 22.5. The van der Waals surface area contributed by atoms with Crippen LogP contribution in [-0.4, -0.2) is 31.3 Å². The van der Waals surface area contributed by atoms with E-state index in [0.29, 0.717) is 28.0 Å². The Balaban J connectivity index is 1.32. The molecule has 1 aromatic heterocycles. The summed E-state index contributed by atoms with van der Waals surface area (Å²) in [4.78, 5) is 22.7. The molecule has 0 fully saturated rings. The number of amides is 1. The van der Waals surface area contributed by atoms with Gasteiger partial charge in [-0.05, 0) is 48.5 Å². The minimum absolute atomic E-state index is 0.00634. The van der Waals surface area contributed by atoms with Crippen molar-refractivity contribution >= 4 is 29.0 Å². The second kappa shape index (κ2) is 9.96. The molecule has 1 amide bonds. The molecule has 3 aromatic carbocycles. The van der Waals surface area contributed by atoms with Crippen LogP contribution in [0, 0.1) is 10.1 Å². The maximum atomic E-state index is 12.4. The monoisotopic (exact) mass is 461 g/mol. The van der Waals surface area contributed by atoms with E-state index in [1.54, 1.807) is 48.0 Å². The van der Waals surface area contributed by atoms with E-state index < -0.39 is 4.92 Å². The normalized spacial score (nSPS) is 10.6. The fourth-order valence-electron chi connectivity index (χ4n) is 2.98. The number of carbonyl (C=O) groups is 1. The first-order chi connectivity index (χ1) is 16.0. The highest BCUT2D eigenvalue weighted by Crippen LogP contribution is 2.25. The summed E-state index contributed by atoms with van der Waals surface area (Å²) in [6.07, 6.45) is 0. The Morgan fingerprint density at radius 3 is 2.33 bits per heavy atom. The van der Waals surface area contributed by atoms with E-state index in [4.69, 9.17) is 4.74 Å². The number of thioether (sulfide) groups is 1. The highest BCUT2D eigenvalue weighted by Gasteiger charge is 2.14. The maximum absolute atomic E-state index is 12.4. The number of nitro groups is 1. The third-order valence-corrected chi connectivity index (χ3v) is 5.64. The van der Waals surface area contributed by atoms with Crippen LogP contribution in [0.15, 0.2) is 84.0 Å². The molecule has 0 spiro atoms. The van der Waals surface area contributed by atoms with Crippen molar-refractivity contribution in [2.24, 2.45) is 7.05 Å².